The van der Waals surface area contributed by atoms with Crippen LogP contribution < -0.4 is 10.9 Å². The first-order chi connectivity index (χ1) is 8.33. The highest BCUT2D eigenvalue weighted by Gasteiger charge is 2.04. The third kappa shape index (κ3) is 2.92. The molecule has 92 valence electrons. The van der Waals surface area contributed by atoms with Crippen LogP contribution in [0.15, 0.2) is 22.6 Å². The maximum Gasteiger partial charge on any atom is 0.271 e. The van der Waals surface area contributed by atoms with Crippen molar-refractivity contribution in [3.63, 3.8) is 0 Å². The van der Waals surface area contributed by atoms with E-state index in [0.717, 1.165) is 42.7 Å². The smallest absolute Gasteiger partial charge is 0.271 e. The van der Waals surface area contributed by atoms with Crippen molar-refractivity contribution in [1.82, 2.24) is 14.9 Å². The summed E-state index contributed by atoms with van der Waals surface area (Å²) in [6, 6.07) is 1.89. The second kappa shape index (κ2) is 5.93. The fourth-order valence-corrected chi connectivity index (χ4v) is 2.54. The zero-order chi connectivity index (χ0) is 12.1. The van der Waals surface area contributed by atoms with Crippen LogP contribution in [0.2, 0.25) is 0 Å². The molecular formula is C12H17N3OS. The van der Waals surface area contributed by atoms with E-state index in [-0.39, 0.29) is 5.56 Å². The molecule has 0 unspecified atom stereocenters. The summed E-state index contributed by atoms with van der Waals surface area (Å²) in [5, 5.41) is 5.18. The highest BCUT2D eigenvalue weighted by Crippen LogP contribution is 2.13. The van der Waals surface area contributed by atoms with Gasteiger partial charge in [0, 0.05) is 6.54 Å². The fraction of sp³-hybridized carbons (Fsp3) is 0.500. The van der Waals surface area contributed by atoms with Gasteiger partial charge in [-0.2, -0.15) is 0 Å². The van der Waals surface area contributed by atoms with Gasteiger partial charge in [0.05, 0.1) is 11.8 Å². The van der Waals surface area contributed by atoms with Crippen LogP contribution in [0.25, 0.3) is 10.2 Å². The first-order valence-corrected chi connectivity index (χ1v) is 6.84. The van der Waals surface area contributed by atoms with Crippen molar-refractivity contribution >= 4 is 21.6 Å². The van der Waals surface area contributed by atoms with E-state index in [0.29, 0.717) is 0 Å². The van der Waals surface area contributed by atoms with E-state index in [1.54, 1.807) is 10.9 Å². The molecule has 0 aliphatic rings. The van der Waals surface area contributed by atoms with Crippen molar-refractivity contribution < 1.29 is 0 Å². The third-order valence-electron chi connectivity index (χ3n) is 2.69. The number of thiophene rings is 1. The highest BCUT2D eigenvalue weighted by atomic mass is 32.1. The predicted molar refractivity (Wildman–Crippen MR) is 71.7 cm³/mol. The lowest BCUT2D eigenvalue weighted by atomic mass is 10.3. The standard InChI is InChI=1S/C12H17N3OS/c1-2-13-6-3-4-7-15-9-14-10-5-8-17-11(10)12(15)16/h5,8-9,13H,2-4,6-7H2,1H3. The van der Waals surface area contributed by atoms with Gasteiger partial charge in [-0.1, -0.05) is 6.92 Å². The first kappa shape index (κ1) is 12.3. The van der Waals surface area contributed by atoms with E-state index < -0.39 is 0 Å². The molecule has 0 amide bonds. The maximum atomic E-state index is 12.0. The lowest BCUT2D eigenvalue weighted by Crippen LogP contribution is -2.21. The van der Waals surface area contributed by atoms with Gasteiger partial charge in [-0.15, -0.1) is 11.3 Å². The minimum absolute atomic E-state index is 0.0912. The fourth-order valence-electron chi connectivity index (χ4n) is 1.75. The molecule has 0 saturated heterocycles. The summed E-state index contributed by atoms with van der Waals surface area (Å²) in [5.74, 6) is 0. The molecule has 0 saturated carbocycles. The molecule has 2 rings (SSSR count). The molecule has 17 heavy (non-hydrogen) atoms. The largest absolute Gasteiger partial charge is 0.317 e. The summed E-state index contributed by atoms with van der Waals surface area (Å²) in [4.78, 5) is 16.3. The summed E-state index contributed by atoms with van der Waals surface area (Å²) < 4.78 is 2.48. The average Bonchev–Trinajstić information content (AvgIpc) is 2.80. The molecule has 1 N–H and O–H groups in total. The zero-order valence-electron chi connectivity index (χ0n) is 9.98. The van der Waals surface area contributed by atoms with E-state index >= 15 is 0 Å². The van der Waals surface area contributed by atoms with Gasteiger partial charge in [0.25, 0.3) is 5.56 Å². The number of nitrogens with zero attached hydrogens (tertiary/aromatic N) is 2. The van der Waals surface area contributed by atoms with Crippen molar-refractivity contribution in [2.24, 2.45) is 0 Å². The number of hydrogen-bond donors (Lipinski definition) is 1. The number of unbranched alkanes of at least 4 members (excludes halogenated alkanes) is 1. The highest BCUT2D eigenvalue weighted by molar-refractivity contribution is 7.17. The predicted octanol–water partition coefficient (Wildman–Crippen LogP) is 1.85. The van der Waals surface area contributed by atoms with Gasteiger partial charge >= 0.3 is 0 Å². The first-order valence-electron chi connectivity index (χ1n) is 5.96. The lowest BCUT2D eigenvalue weighted by molar-refractivity contribution is 0.564. The van der Waals surface area contributed by atoms with Gasteiger partial charge in [0.1, 0.15) is 4.70 Å². The summed E-state index contributed by atoms with van der Waals surface area (Å²) in [5.41, 5.74) is 0.900. The number of aromatic nitrogens is 2. The summed E-state index contributed by atoms with van der Waals surface area (Å²) in [6.07, 6.45) is 3.75. The Morgan fingerprint density at radius 1 is 1.47 bits per heavy atom. The Kier molecular flexibility index (Phi) is 4.28. The Morgan fingerprint density at radius 3 is 3.18 bits per heavy atom. The molecular weight excluding hydrogens is 234 g/mol. The van der Waals surface area contributed by atoms with Crippen LogP contribution in [-0.2, 0) is 6.54 Å². The quantitative estimate of drug-likeness (QED) is 0.797. The second-order valence-corrected chi connectivity index (χ2v) is 4.85. The second-order valence-electron chi connectivity index (χ2n) is 3.94. The Bertz CT molecular complexity index is 532. The van der Waals surface area contributed by atoms with Gasteiger partial charge in [-0.05, 0) is 37.4 Å². The molecule has 0 aliphatic heterocycles. The Hall–Kier alpha value is -1.20. The van der Waals surface area contributed by atoms with Crippen LogP contribution in [0.1, 0.15) is 19.8 Å². The Balaban J connectivity index is 1.99. The van der Waals surface area contributed by atoms with E-state index in [4.69, 9.17) is 0 Å². The van der Waals surface area contributed by atoms with Crippen LogP contribution in [0.3, 0.4) is 0 Å². The molecule has 0 spiro atoms. The topological polar surface area (TPSA) is 46.9 Å². The molecule has 2 aromatic heterocycles. The number of rotatable bonds is 6. The summed E-state index contributed by atoms with van der Waals surface area (Å²) in [6.45, 7) is 4.87. The minimum Gasteiger partial charge on any atom is -0.317 e. The van der Waals surface area contributed by atoms with Crippen LogP contribution in [-0.4, -0.2) is 22.6 Å². The number of aryl methyl sites for hydroxylation is 1. The van der Waals surface area contributed by atoms with Crippen molar-refractivity contribution in [1.29, 1.82) is 0 Å². The van der Waals surface area contributed by atoms with E-state index in [1.807, 2.05) is 11.4 Å². The molecule has 0 atom stereocenters. The minimum atomic E-state index is 0.0912. The summed E-state index contributed by atoms with van der Waals surface area (Å²) in [7, 11) is 0. The van der Waals surface area contributed by atoms with E-state index in [9.17, 15) is 4.79 Å². The Labute approximate surface area is 104 Å². The van der Waals surface area contributed by atoms with Crippen LogP contribution in [0.4, 0.5) is 0 Å². The van der Waals surface area contributed by atoms with Crippen molar-refractivity contribution in [2.75, 3.05) is 13.1 Å². The van der Waals surface area contributed by atoms with Crippen molar-refractivity contribution in [3.8, 4) is 0 Å². The molecule has 5 heteroatoms. The summed E-state index contributed by atoms with van der Waals surface area (Å²) >= 11 is 1.47. The monoisotopic (exact) mass is 251 g/mol. The molecule has 0 radical (unpaired) electrons. The van der Waals surface area contributed by atoms with Gasteiger partial charge in [-0.25, -0.2) is 4.98 Å². The molecule has 4 nitrogen and oxygen atoms in total. The third-order valence-corrected chi connectivity index (χ3v) is 3.58. The van der Waals surface area contributed by atoms with Crippen molar-refractivity contribution in [2.45, 2.75) is 26.3 Å². The average molecular weight is 251 g/mol. The normalized spacial score (nSPS) is 11.1. The van der Waals surface area contributed by atoms with Crippen LogP contribution in [0.5, 0.6) is 0 Å². The maximum absolute atomic E-state index is 12.0. The number of fused-ring (bicyclic) bond motifs is 1. The van der Waals surface area contributed by atoms with Gasteiger partial charge in [0.15, 0.2) is 0 Å². The zero-order valence-corrected chi connectivity index (χ0v) is 10.8. The molecule has 2 heterocycles. The van der Waals surface area contributed by atoms with Crippen LogP contribution in [0, 0.1) is 0 Å². The number of hydrogen-bond acceptors (Lipinski definition) is 4. The molecule has 2 aromatic rings. The van der Waals surface area contributed by atoms with Crippen molar-refractivity contribution in [3.05, 3.63) is 28.1 Å². The molecule has 0 bridgehead atoms. The van der Waals surface area contributed by atoms with Gasteiger partial charge < -0.3 is 5.32 Å². The molecule has 0 aliphatic carbocycles. The van der Waals surface area contributed by atoms with E-state index in [2.05, 4.69) is 17.2 Å². The Morgan fingerprint density at radius 2 is 2.35 bits per heavy atom. The van der Waals surface area contributed by atoms with Gasteiger partial charge in [0.2, 0.25) is 0 Å². The van der Waals surface area contributed by atoms with Gasteiger partial charge in [-0.3, -0.25) is 9.36 Å². The molecule has 0 aromatic carbocycles. The molecule has 0 fully saturated rings. The SMILES string of the molecule is CCNCCCCn1cnc2ccsc2c1=O. The lowest BCUT2D eigenvalue weighted by Gasteiger charge is -2.05. The van der Waals surface area contributed by atoms with E-state index in [1.165, 1.54) is 11.3 Å². The van der Waals surface area contributed by atoms with Crippen LogP contribution >= 0.6 is 11.3 Å². The number of nitrogens with one attached hydrogen (secondary N) is 1.